The molecule has 9 aromatic carbocycles. The highest BCUT2D eigenvalue weighted by Crippen LogP contribution is 2.43. The lowest BCUT2D eigenvalue weighted by atomic mass is 9.97. The minimum Gasteiger partial charge on any atom is -0.455 e. The number of furan rings is 1. The Balaban J connectivity index is 1.10. The zero-order valence-corrected chi connectivity index (χ0v) is 30.3. The molecule has 0 aliphatic heterocycles. The van der Waals surface area contributed by atoms with E-state index in [4.69, 9.17) is 4.42 Å². The van der Waals surface area contributed by atoms with E-state index in [2.05, 4.69) is 207 Å². The second-order valence-electron chi connectivity index (χ2n) is 14.4. The van der Waals surface area contributed by atoms with Gasteiger partial charge in [0.1, 0.15) is 11.2 Å². The smallest absolute Gasteiger partial charge is 0.143 e. The molecular weight excluding hydrogens is 655 g/mol. The van der Waals surface area contributed by atoms with Crippen molar-refractivity contribution in [2.24, 2.45) is 0 Å². The van der Waals surface area contributed by atoms with Crippen LogP contribution in [0, 0.1) is 13.8 Å². The van der Waals surface area contributed by atoms with Crippen molar-refractivity contribution in [3.8, 4) is 33.4 Å². The van der Waals surface area contributed by atoms with Crippen molar-refractivity contribution in [2.75, 3.05) is 4.90 Å². The number of nitrogens with zero attached hydrogens (tertiary/aromatic N) is 1. The van der Waals surface area contributed by atoms with E-state index < -0.39 is 0 Å². The molecule has 0 aliphatic carbocycles. The maximum Gasteiger partial charge on any atom is 0.143 e. The van der Waals surface area contributed by atoms with Gasteiger partial charge in [0, 0.05) is 33.3 Å². The molecule has 0 spiro atoms. The summed E-state index contributed by atoms with van der Waals surface area (Å²) in [6, 6.07) is 68.1. The van der Waals surface area contributed by atoms with Crippen LogP contribution in [0.5, 0.6) is 0 Å². The minimum atomic E-state index is 0.919. The molecule has 1 aromatic heterocycles. The summed E-state index contributed by atoms with van der Waals surface area (Å²) >= 11 is 0. The zero-order chi connectivity index (χ0) is 36.2. The average Bonchev–Trinajstić information content (AvgIpc) is 3.58. The summed E-state index contributed by atoms with van der Waals surface area (Å²) < 4.78 is 6.52. The molecule has 0 unspecified atom stereocenters. The summed E-state index contributed by atoms with van der Waals surface area (Å²) in [5.74, 6) is 0. The summed E-state index contributed by atoms with van der Waals surface area (Å²) in [7, 11) is 0. The summed E-state index contributed by atoms with van der Waals surface area (Å²) in [6.45, 7) is 4.30. The second kappa shape index (κ2) is 12.9. The van der Waals surface area contributed by atoms with Crippen molar-refractivity contribution in [3.63, 3.8) is 0 Å². The number of aryl methyl sites for hydroxylation is 2. The molecule has 0 atom stereocenters. The van der Waals surface area contributed by atoms with E-state index in [9.17, 15) is 0 Å². The first-order chi connectivity index (χ1) is 26.6. The minimum absolute atomic E-state index is 0.919. The van der Waals surface area contributed by atoms with Gasteiger partial charge in [0.15, 0.2) is 0 Å². The Morgan fingerprint density at radius 2 is 0.926 bits per heavy atom. The third-order valence-corrected chi connectivity index (χ3v) is 10.7. The number of para-hydroxylation sites is 1. The van der Waals surface area contributed by atoms with Gasteiger partial charge in [-0.15, -0.1) is 0 Å². The highest BCUT2D eigenvalue weighted by Gasteiger charge is 2.19. The van der Waals surface area contributed by atoms with Crippen molar-refractivity contribution >= 4 is 60.5 Å². The standard InChI is InChI=1S/C52H37NO/c1-34-15-28-51-48(29-34)49-31-35(2)30-47(52(49)54-51)39-22-26-45(27-23-39)53(44-24-20-38(21-25-44)42-18-16-36-9-3-5-11-40(36)32-42)50-14-8-7-13-46(50)43-19-17-37-10-4-6-12-41(37)33-43/h3-33H,1-2H3. The van der Waals surface area contributed by atoms with E-state index in [1.807, 2.05) is 0 Å². The number of anilines is 3. The molecule has 10 rings (SSSR count). The molecule has 0 N–H and O–H groups in total. The largest absolute Gasteiger partial charge is 0.455 e. The van der Waals surface area contributed by atoms with Gasteiger partial charge in [0.25, 0.3) is 0 Å². The number of hydrogen-bond donors (Lipinski definition) is 0. The van der Waals surface area contributed by atoms with E-state index in [-0.39, 0.29) is 0 Å². The van der Waals surface area contributed by atoms with Gasteiger partial charge in [-0.2, -0.15) is 0 Å². The molecule has 0 saturated carbocycles. The molecule has 2 nitrogen and oxygen atoms in total. The Hall–Kier alpha value is -6.90. The molecule has 0 bridgehead atoms. The molecule has 54 heavy (non-hydrogen) atoms. The molecule has 0 radical (unpaired) electrons. The van der Waals surface area contributed by atoms with Gasteiger partial charge in [0.05, 0.1) is 5.69 Å². The Kier molecular flexibility index (Phi) is 7.63. The quantitative estimate of drug-likeness (QED) is 0.173. The highest BCUT2D eigenvalue weighted by molar-refractivity contribution is 6.10. The van der Waals surface area contributed by atoms with Crippen molar-refractivity contribution in [3.05, 3.63) is 199 Å². The van der Waals surface area contributed by atoms with Crippen LogP contribution in [0.1, 0.15) is 11.1 Å². The van der Waals surface area contributed by atoms with E-state index in [1.165, 1.54) is 54.9 Å². The highest BCUT2D eigenvalue weighted by atomic mass is 16.3. The van der Waals surface area contributed by atoms with Crippen molar-refractivity contribution in [1.29, 1.82) is 0 Å². The molecular formula is C52H37NO. The van der Waals surface area contributed by atoms with Crippen LogP contribution < -0.4 is 4.90 Å². The predicted molar refractivity (Wildman–Crippen MR) is 229 cm³/mol. The maximum absolute atomic E-state index is 6.52. The fourth-order valence-electron chi connectivity index (χ4n) is 8.01. The lowest BCUT2D eigenvalue weighted by Gasteiger charge is -2.28. The predicted octanol–water partition coefficient (Wildman–Crippen LogP) is 15.0. The van der Waals surface area contributed by atoms with Crippen molar-refractivity contribution < 1.29 is 4.42 Å². The molecule has 0 amide bonds. The molecule has 10 aromatic rings. The fourth-order valence-corrected chi connectivity index (χ4v) is 8.01. The number of rotatable bonds is 6. The average molecular weight is 692 g/mol. The Morgan fingerprint density at radius 3 is 1.63 bits per heavy atom. The number of fused-ring (bicyclic) bond motifs is 5. The van der Waals surface area contributed by atoms with Crippen LogP contribution in [0.3, 0.4) is 0 Å². The molecule has 0 saturated heterocycles. The van der Waals surface area contributed by atoms with Crippen LogP contribution in [0.25, 0.3) is 76.9 Å². The summed E-state index contributed by atoms with van der Waals surface area (Å²) in [6.07, 6.45) is 0. The third kappa shape index (κ3) is 5.60. The Bertz CT molecular complexity index is 3010. The van der Waals surface area contributed by atoms with Gasteiger partial charge < -0.3 is 9.32 Å². The van der Waals surface area contributed by atoms with E-state index >= 15 is 0 Å². The first kappa shape index (κ1) is 31.8. The first-order valence-electron chi connectivity index (χ1n) is 18.6. The summed E-state index contributed by atoms with van der Waals surface area (Å²) in [5, 5.41) is 7.28. The van der Waals surface area contributed by atoms with E-state index in [0.29, 0.717) is 0 Å². The van der Waals surface area contributed by atoms with Crippen LogP contribution in [0.2, 0.25) is 0 Å². The Labute approximate surface area is 315 Å². The number of benzene rings is 9. The van der Waals surface area contributed by atoms with Crippen LogP contribution >= 0.6 is 0 Å². The van der Waals surface area contributed by atoms with Gasteiger partial charge in [-0.3, -0.25) is 0 Å². The van der Waals surface area contributed by atoms with Gasteiger partial charge in [-0.05, 0) is 130 Å². The fraction of sp³-hybridized carbons (Fsp3) is 0.0385. The normalized spacial score (nSPS) is 11.5. The summed E-state index contributed by atoms with van der Waals surface area (Å²) in [5.41, 5.74) is 14.5. The lowest BCUT2D eigenvalue weighted by Crippen LogP contribution is -2.11. The molecule has 256 valence electrons. The first-order valence-corrected chi connectivity index (χ1v) is 18.6. The SMILES string of the molecule is Cc1ccc2oc3c(-c4ccc(N(c5ccc(-c6ccc7ccccc7c6)cc5)c5ccccc5-c5ccc6ccccc6c5)cc4)cc(C)cc3c2c1. The van der Waals surface area contributed by atoms with Gasteiger partial charge in [-0.25, -0.2) is 0 Å². The monoisotopic (exact) mass is 691 g/mol. The van der Waals surface area contributed by atoms with Crippen LogP contribution in [0.4, 0.5) is 17.1 Å². The Morgan fingerprint density at radius 1 is 0.370 bits per heavy atom. The zero-order valence-electron chi connectivity index (χ0n) is 30.3. The number of hydrogen-bond acceptors (Lipinski definition) is 2. The van der Waals surface area contributed by atoms with Gasteiger partial charge in [-0.1, -0.05) is 127 Å². The van der Waals surface area contributed by atoms with Gasteiger partial charge >= 0.3 is 0 Å². The molecule has 0 aliphatic rings. The molecule has 1 heterocycles. The van der Waals surface area contributed by atoms with Gasteiger partial charge in [0.2, 0.25) is 0 Å². The lowest BCUT2D eigenvalue weighted by molar-refractivity contribution is 0.670. The van der Waals surface area contributed by atoms with Crippen molar-refractivity contribution in [2.45, 2.75) is 13.8 Å². The summed E-state index contributed by atoms with van der Waals surface area (Å²) in [4.78, 5) is 2.38. The third-order valence-electron chi connectivity index (χ3n) is 10.7. The van der Waals surface area contributed by atoms with Crippen LogP contribution in [-0.2, 0) is 0 Å². The maximum atomic E-state index is 6.52. The molecule has 2 heteroatoms. The van der Waals surface area contributed by atoms with E-state index in [0.717, 1.165) is 50.1 Å². The second-order valence-corrected chi connectivity index (χ2v) is 14.4. The van der Waals surface area contributed by atoms with Crippen molar-refractivity contribution in [1.82, 2.24) is 0 Å². The van der Waals surface area contributed by atoms with Crippen LogP contribution in [-0.4, -0.2) is 0 Å². The van der Waals surface area contributed by atoms with Crippen LogP contribution in [0.15, 0.2) is 192 Å². The molecule has 0 fully saturated rings. The topological polar surface area (TPSA) is 16.4 Å². The van der Waals surface area contributed by atoms with E-state index in [1.54, 1.807) is 0 Å².